The first-order valence-electron chi connectivity index (χ1n) is 9.25. The Hall–Kier alpha value is -3.30. The Morgan fingerprint density at radius 3 is 2.77 bits per heavy atom. The largest absolute Gasteiger partial charge is 0.383 e. The van der Waals surface area contributed by atoms with Crippen LogP contribution in [0.3, 0.4) is 0 Å². The van der Waals surface area contributed by atoms with Crippen molar-refractivity contribution in [2.75, 3.05) is 30.9 Å². The van der Waals surface area contributed by atoms with Crippen LogP contribution in [-0.4, -0.2) is 36.1 Å². The molecule has 0 aliphatic carbocycles. The van der Waals surface area contributed by atoms with Crippen LogP contribution in [0.2, 0.25) is 0 Å². The Bertz CT molecular complexity index is 1080. The highest BCUT2D eigenvalue weighted by molar-refractivity contribution is 7.14. The van der Waals surface area contributed by atoms with E-state index in [-0.39, 0.29) is 11.3 Å². The van der Waals surface area contributed by atoms with Crippen molar-refractivity contribution in [3.8, 4) is 11.3 Å². The van der Waals surface area contributed by atoms with E-state index in [0.29, 0.717) is 24.0 Å². The van der Waals surface area contributed by atoms with E-state index in [0.717, 1.165) is 22.4 Å². The van der Waals surface area contributed by atoms with Crippen LogP contribution >= 0.6 is 11.3 Å². The molecule has 156 valence electrons. The van der Waals surface area contributed by atoms with E-state index in [1.165, 1.54) is 29.5 Å². The van der Waals surface area contributed by atoms with E-state index in [2.05, 4.69) is 15.6 Å². The number of hydrogen-bond donors (Lipinski definition) is 2. The van der Waals surface area contributed by atoms with E-state index in [1.807, 2.05) is 37.4 Å². The summed E-state index contributed by atoms with van der Waals surface area (Å²) in [7, 11) is 1.57. The highest BCUT2D eigenvalue weighted by Crippen LogP contribution is 2.29. The maximum absolute atomic E-state index is 12.9. The van der Waals surface area contributed by atoms with Crippen molar-refractivity contribution >= 4 is 33.8 Å². The molecule has 0 unspecified atom stereocenters. The lowest BCUT2D eigenvalue weighted by molar-refractivity contribution is -0.384. The Kier molecular flexibility index (Phi) is 6.76. The van der Waals surface area contributed by atoms with Gasteiger partial charge in [0.15, 0.2) is 5.13 Å². The number of nitrogens with one attached hydrogen (secondary N) is 2. The summed E-state index contributed by atoms with van der Waals surface area (Å²) >= 11 is 1.30. The number of hydrogen-bond acceptors (Lipinski definition) is 7. The number of amides is 1. The molecule has 1 heterocycles. The van der Waals surface area contributed by atoms with Gasteiger partial charge >= 0.3 is 0 Å². The molecule has 9 heteroatoms. The van der Waals surface area contributed by atoms with Gasteiger partial charge in [-0.3, -0.25) is 20.2 Å². The summed E-state index contributed by atoms with van der Waals surface area (Å²) in [6.07, 6.45) is 0. The van der Waals surface area contributed by atoms with E-state index in [4.69, 9.17) is 4.74 Å². The molecule has 0 aliphatic heterocycles. The Morgan fingerprint density at radius 2 is 2.03 bits per heavy atom. The van der Waals surface area contributed by atoms with Crippen LogP contribution in [0, 0.1) is 24.0 Å². The smallest absolute Gasteiger partial charge is 0.270 e. The normalized spacial score (nSPS) is 10.6. The average molecular weight is 426 g/mol. The Morgan fingerprint density at radius 1 is 1.23 bits per heavy atom. The van der Waals surface area contributed by atoms with Gasteiger partial charge in [-0.15, -0.1) is 11.3 Å². The van der Waals surface area contributed by atoms with Gasteiger partial charge in [-0.25, -0.2) is 4.98 Å². The average Bonchev–Trinajstić information content (AvgIpc) is 3.18. The standard InChI is InChI=1S/C21H22N4O4S/c1-13-4-5-14(2)16(10-13)19-12-30-21(23-19)24-20(26)17-11-15(25(27)28)6-7-18(17)22-8-9-29-3/h4-7,10-12,22H,8-9H2,1-3H3,(H,23,24,26). The topological polar surface area (TPSA) is 106 Å². The van der Waals surface area contributed by atoms with Crippen LogP contribution in [0.25, 0.3) is 11.3 Å². The van der Waals surface area contributed by atoms with Crippen molar-refractivity contribution in [2.45, 2.75) is 13.8 Å². The molecule has 0 saturated heterocycles. The molecule has 1 amide bonds. The molecule has 0 spiro atoms. The highest BCUT2D eigenvalue weighted by atomic mass is 32.1. The van der Waals surface area contributed by atoms with Crippen LogP contribution in [0.4, 0.5) is 16.5 Å². The van der Waals surface area contributed by atoms with Gasteiger partial charge in [-0.1, -0.05) is 17.7 Å². The van der Waals surface area contributed by atoms with Crippen LogP contribution in [0.15, 0.2) is 41.8 Å². The highest BCUT2D eigenvalue weighted by Gasteiger charge is 2.18. The number of methoxy groups -OCH3 is 1. The first-order chi connectivity index (χ1) is 14.4. The zero-order valence-corrected chi connectivity index (χ0v) is 17.7. The third-order valence-electron chi connectivity index (χ3n) is 4.47. The molecule has 0 radical (unpaired) electrons. The number of anilines is 2. The van der Waals surface area contributed by atoms with Gasteiger partial charge in [0.1, 0.15) is 0 Å². The third kappa shape index (κ3) is 5.00. The first-order valence-corrected chi connectivity index (χ1v) is 10.1. The number of nitro groups is 1. The molecular weight excluding hydrogens is 404 g/mol. The molecule has 2 aromatic carbocycles. The molecule has 0 atom stereocenters. The number of thiazole rings is 1. The molecular formula is C21H22N4O4S. The van der Waals surface area contributed by atoms with Crippen LogP contribution in [-0.2, 0) is 4.74 Å². The second-order valence-electron chi connectivity index (χ2n) is 6.72. The fourth-order valence-electron chi connectivity index (χ4n) is 2.91. The van der Waals surface area contributed by atoms with Gasteiger partial charge in [0, 0.05) is 42.4 Å². The lowest BCUT2D eigenvalue weighted by Gasteiger charge is -2.11. The summed E-state index contributed by atoms with van der Waals surface area (Å²) in [6, 6.07) is 10.2. The Balaban J connectivity index is 1.85. The molecule has 30 heavy (non-hydrogen) atoms. The molecule has 0 aliphatic rings. The predicted molar refractivity (Wildman–Crippen MR) is 118 cm³/mol. The summed E-state index contributed by atoms with van der Waals surface area (Å²) in [6.45, 7) is 4.91. The van der Waals surface area contributed by atoms with Gasteiger partial charge in [0.2, 0.25) is 0 Å². The van der Waals surface area contributed by atoms with Crippen molar-refractivity contribution in [1.82, 2.24) is 4.98 Å². The molecule has 2 N–H and O–H groups in total. The zero-order chi connectivity index (χ0) is 21.7. The number of aromatic nitrogens is 1. The number of benzene rings is 2. The maximum atomic E-state index is 12.9. The minimum Gasteiger partial charge on any atom is -0.383 e. The van der Waals surface area contributed by atoms with Gasteiger partial charge in [-0.2, -0.15) is 0 Å². The number of carbonyl (C=O) groups excluding carboxylic acids is 1. The second kappa shape index (κ2) is 9.47. The molecule has 0 bridgehead atoms. The number of rotatable bonds is 8. The third-order valence-corrected chi connectivity index (χ3v) is 5.23. The molecule has 3 rings (SSSR count). The SMILES string of the molecule is COCCNc1ccc([N+](=O)[O-])cc1C(=O)Nc1nc(-c2cc(C)ccc2C)cs1. The van der Waals surface area contributed by atoms with Crippen molar-refractivity contribution < 1.29 is 14.5 Å². The lowest BCUT2D eigenvalue weighted by atomic mass is 10.0. The molecule has 0 fully saturated rings. The number of nitro benzene ring substituents is 1. The number of non-ortho nitro benzene ring substituents is 1. The fraction of sp³-hybridized carbons (Fsp3) is 0.238. The summed E-state index contributed by atoms with van der Waals surface area (Å²) < 4.78 is 5.00. The van der Waals surface area contributed by atoms with E-state index in [9.17, 15) is 14.9 Å². The van der Waals surface area contributed by atoms with Gasteiger partial charge in [0.25, 0.3) is 11.6 Å². The van der Waals surface area contributed by atoms with Gasteiger partial charge < -0.3 is 10.1 Å². The molecule has 1 aromatic heterocycles. The first kappa shape index (κ1) is 21.4. The predicted octanol–water partition coefficient (Wildman–Crippen LogP) is 4.65. The number of nitrogens with zero attached hydrogens (tertiary/aromatic N) is 2. The van der Waals surface area contributed by atoms with Crippen molar-refractivity contribution in [3.63, 3.8) is 0 Å². The van der Waals surface area contributed by atoms with Crippen LogP contribution in [0.5, 0.6) is 0 Å². The summed E-state index contributed by atoms with van der Waals surface area (Å²) in [5.41, 5.74) is 4.49. The molecule has 8 nitrogen and oxygen atoms in total. The number of carbonyl (C=O) groups is 1. The van der Waals surface area contributed by atoms with Crippen LogP contribution < -0.4 is 10.6 Å². The molecule has 3 aromatic rings. The maximum Gasteiger partial charge on any atom is 0.270 e. The van der Waals surface area contributed by atoms with Crippen LogP contribution in [0.1, 0.15) is 21.5 Å². The second-order valence-corrected chi connectivity index (χ2v) is 7.58. The van der Waals surface area contributed by atoms with Crippen molar-refractivity contribution in [2.24, 2.45) is 0 Å². The van der Waals surface area contributed by atoms with E-state index in [1.54, 1.807) is 7.11 Å². The monoisotopic (exact) mass is 426 g/mol. The fourth-order valence-corrected chi connectivity index (χ4v) is 3.61. The quantitative estimate of drug-likeness (QED) is 0.309. The minimum absolute atomic E-state index is 0.160. The van der Waals surface area contributed by atoms with E-state index < -0.39 is 10.8 Å². The Labute approximate surface area is 178 Å². The lowest BCUT2D eigenvalue weighted by Crippen LogP contribution is -2.16. The van der Waals surface area contributed by atoms with E-state index >= 15 is 0 Å². The van der Waals surface area contributed by atoms with Gasteiger partial charge in [0.05, 0.1) is 22.8 Å². The zero-order valence-electron chi connectivity index (χ0n) is 16.9. The molecule has 0 saturated carbocycles. The van der Waals surface area contributed by atoms with Crippen molar-refractivity contribution in [1.29, 1.82) is 0 Å². The number of ether oxygens (including phenoxy) is 1. The number of aryl methyl sites for hydroxylation is 2. The summed E-state index contributed by atoms with van der Waals surface area (Å²) in [4.78, 5) is 28.0. The van der Waals surface area contributed by atoms with Gasteiger partial charge in [-0.05, 0) is 31.5 Å². The van der Waals surface area contributed by atoms with Crippen molar-refractivity contribution in [3.05, 3.63) is 68.6 Å². The summed E-state index contributed by atoms with van der Waals surface area (Å²) in [5.74, 6) is -0.472. The minimum atomic E-state index is -0.530. The summed E-state index contributed by atoms with van der Waals surface area (Å²) in [5, 5.41) is 19.3.